The van der Waals surface area contributed by atoms with Crippen molar-refractivity contribution in [2.45, 2.75) is 6.42 Å². The van der Waals surface area contributed by atoms with Gasteiger partial charge in [0.1, 0.15) is 11.6 Å². The van der Waals surface area contributed by atoms with Crippen LogP contribution in [0.5, 0.6) is 5.75 Å². The Morgan fingerprint density at radius 3 is 3.06 bits per heavy atom. The third-order valence-corrected chi connectivity index (χ3v) is 1.78. The molecule has 0 heterocycles. The molecule has 0 unspecified atom stereocenters. The standard InChI is InChI=1S/C11H10FN3O/c1-16-11-6-5-10(12)8-9(11)4-2-3-7-14-15-13/h5-6,8H,3,7H2,1H3. The van der Waals surface area contributed by atoms with Crippen molar-refractivity contribution in [3.63, 3.8) is 0 Å². The summed E-state index contributed by atoms with van der Waals surface area (Å²) in [6, 6.07) is 4.14. The number of hydrogen-bond acceptors (Lipinski definition) is 2. The van der Waals surface area contributed by atoms with Gasteiger partial charge in [-0.15, -0.1) is 0 Å². The molecule has 0 radical (unpaired) electrons. The average Bonchev–Trinajstić information content (AvgIpc) is 2.29. The number of ether oxygens (including phenoxy) is 1. The van der Waals surface area contributed by atoms with Crippen LogP contribution in [-0.2, 0) is 0 Å². The summed E-state index contributed by atoms with van der Waals surface area (Å²) in [6.45, 7) is 0.307. The van der Waals surface area contributed by atoms with Crippen molar-refractivity contribution in [3.05, 3.63) is 40.0 Å². The van der Waals surface area contributed by atoms with Gasteiger partial charge in [0, 0.05) is 17.9 Å². The second kappa shape index (κ2) is 6.33. The topological polar surface area (TPSA) is 58.0 Å². The van der Waals surface area contributed by atoms with E-state index in [1.165, 1.54) is 25.3 Å². The fourth-order valence-electron chi connectivity index (χ4n) is 1.09. The minimum atomic E-state index is -0.361. The van der Waals surface area contributed by atoms with Crippen molar-refractivity contribution in [1.82, 2.24) is 0 Å². The van der Waals surface area contributed by atoms with Gasteiger partial charge in [0.2, 0.25) is 0 Å². The smallest absolute Gasteiger partial charge is 0.134 e. The van der Waals surface area contributed by atoms with Crippen molar-refractivity contribution < 1.29 is 9.13 Å². The lowest BCUT2D eigenvalue weighted by Crippen LogP contribution is -1.88. The zero-order valence-electron chi connectivity index (χ0n) is 8.77. The predicted octanol–water partition coefficient (Wildman–Crippen LogP) is 2.89. The Balaban J connectivity index is 2.78. The van der Waals surface area contributed by atoms with Gasteiger partial charge in [-0.2, -0.15) is 0 Å². The predicted molar refractivity (Wildman–Crippen MR) is 58.5 cm³/mol. The molecule has 0 fully saturated rings. The summed E-state index contributed by atoms with van der Waals surface area (Å²) in [5, 5.41) is 3.34. The van der Waals surface area contributed by atoms with E-state index in [2.05, 4.69) is 21.9 Å². The Hall–Kier alpha value is -2.18. The van der Waals surface area contributed by atoms with E-state index in [-0.39, 0.29) is 5.82 Å². The first-order chi connectivity index (χ1) is 7.77. The third-order valence-electron chi connectivity index (χ3n) is 1.78. The third kappa shape index (κ3) is 3.52. The van der Waals surface area contributed by atoms with Crippen LogP contribution in [0, 0.1) is 17.7 Å². The van der Waals surface area contributed by atoms with Crippen LogP contribution >= 0.6 is 0 Å². The van der Waals surface area contributed by atoms with Gasteiger partial charge in [-0.3, -0.25) is 0 Å². The van der Waals surface area contributed by atoms with Gasteiger partial charge in [0.25, 0.3) is 0 Å². The number of nitrogens with zero attached hydrogens (tertiary/aromatic N) is 3. The van der Waals surface area contributed by atoms with Crippen LogP contribution in [0.2, 0.25) is 0 Å². The number of rotatable bonds is 3. The van der Waals surface area contributed by atoms with Crippen molar-refractivity contribution in [1.29, 1.82) is 0 Å². The molecule has 1 aromatic rings. The zero-order chi connectivity index (χ0) is 11.8. The van der Waals surface area contributed by atoms with Crippen LogP contribution in [0.4, 0.5) is 4.39 Å². The molecule has 4 nitrogen and oxygen atoms in total. The monoisotopic (exact) mass is 219 g/mol. The van der Waals surface area contributed by atoms with Gasteiger partial charge < -0.3 is 4.74 Å². The first-order valence-electron chi connectivity index (χ1n) is 4.61. The van der Waals surface area contributed by atoms with Crippen molar-refractivity contribution in [3.8, 4) is 17.6 Å². The van der Waals surface area contributed by atoms with Gasteiger partial charge in [-0.1, -0.05) is 17.0 Å². The fourth-order valence-corrected chi connectivity index (χ4v) is 1.09. The van der Waals surface area contributed by atoms with Gasteiger partial charge in [0.05, 0.1) is 12.7 Å². The Morgan fingerprint density at radius 2 is 2.38 bits per heavy atom. The van der Waals surface area contributed by atoms with E-state index in [1.807, 2.05) is 0 Å². The highest BCUT2D eigenvalue weighted by Gasteiger charge is 2.00. The molecule has 0 saturated carbocycles. The number of halogens is 1. The molecule has 1 rings (SSSR count). The first-order valence-corrected chi connectivity index (χ1v) is 4.61. The molecule has 0 bridgehead atoms. The molecule has 0 aliphatic rings. The molecule has 0 spiro atoms. The lowest BCUT2D eigenvalue weighted by molar-refractivity contribution is 0.412. The molecule has 0 aromatic heterocycles. The minimum absolute atomic E-state index is 0.307. The number of azide groups is 1. The van der Waals surface area contributed by atoms with Crippen LogP contribution < -0.4 is 4.74 Å². The van der Waals surface area contributed by atoms with Gasteiger partial charge in [-0.05, 0) is 23.7 Å². The normalized spacial score (nSPS) is 8.62. The van der Waals surface area contributed by atoms with E-state index < -0.39 is 0 Å². The molecule has 16 heavy (non-hydrogen) atoms. The van der Waals surface area contributed by atoms with E-state index in [0.29, 0.717) is 24.3 Å². The SMILES string of the molecule is COc1ccc(F)cc1C#CCCN=[N+]=[N-]. The average molecular weight is 219 g/mol. The molecular weight excluding hydrogens is 209 g/mol. The van der Waals surface area contributed by atoms with Gasteiger partial charge in [0.15, 0.2) is 0 Å². The molecule has 0 amide bonds. The van der Waals surface area contributed by atoms with Crippen LogP contribution in [0.1, 0.15) is 12.0 Å². The fraction of sp³-hybridized carbons (Fsp3) is 0.273. The highest BCUT2D eigenvalue weighted by molar-refractivity contribution is 5.46. The molecular formula is C11H10FN3O. The van der Waals surface area contributed by atoms with E-state index in [1.54, 1.807) is 0 Å². The maximum atomic E-state index is 12.9. The summed E-state index contributed by atoms with van der Waals surface area (Å²) in [4.78, 5) is 2.60. The highest BCUT2D eigenvalue weighted by atomic mass is 19.1. The van der Waals surface area contributed by atoms with Gasteiger partial charge in [-0.25, -0.2) is 4.39 Å². The summed E-state index contributed by atoms with van der Waals surface area (Å²) in [7, 11) is 1.50. The van der Waals surface area contributed by atoms with Crippen LogP contribution in [0.15, 0.2) is 23.3 Å². The second-order valence-corrected chi connectivity index (χ2v) is 2.85. The molecule has 5 heteroatoms. The lowest BCUT2D eigenvalue weighted by Gasteiger charge is -2.01. The lowest BCUT2D eigenvalue weighted by atomic mass is 10.2. The molecule has 1 aromatic carbocycles. The first kappa shape index (κ1) is 11.9. The summed E-state index contributed by atoms with van der Waals surface area (Å²) >= 11 is 0. The maximum Gasteiger partial charge on any atom is 0.134 e. The van der Waals surface area contributed by atoms with E-state index in [9.17, 15) is 4.39 Å². The number of benzene rings is 1. The van der Waals surface area contributed by atoms with E-state index in [4.69, 9.17) is 10.3 Å². The Labute approximate surface area is 92.7 Å². The van der Waals surface area contributed by atoms with E-state index >= 15 is 0 Å². The highest BCUT2D eigenvalue weighted by Crippen LogP contribution is 2.17. The molecule has 0 aliphatic heterocycles. The molecule has 82 valence electrons. The largest absolute Gasteiger partial charge is 0.495 e. The second-order valence-electron chi connectivity index (χ2n) is 2.85. The molecule has 0 aliphatic carbocycles. The van der Waals surface area contributed by atoms with Crippen molar-refractivity contribution >= 4 is 0 Å². The summed E-state index contributed by atoms with van der Waals surface area (Å²) in [5.74, 6) is 5.71. The van der Waals surface area contributed by atoms with Crippen molar-refractivity contribution in [2.24, 2.45) is 5.11 Å². The number of methoxy groups -OCH3 is 1. The minimum Gasteiger partial charge on any atom is -0.495 e. The zero-order valence-corrected chi connectivity index (χ0v) is 8.77. The summed E-state index contributed by atoms with van der Waals surface area (Å²) in [5.41, 5.74) is 8.53. The van der Waals surface area contributed by atoms with Gasteiger partial charge >= 0.3 is 0 Å². The van der Waals surface area contributed by atoms with Crippen LogP contribution in [-0.4, -0.2) is 13.7 Å². The quantitative estimate of drug-likeness (QED) is 0.253. The summed E-state index contributed by atoms with van der Waals surface area (Å²) in [6.07, 6.45) is 0.434. The maximum absolute atomic E-state index is 12.9. The van der Waals surface area contributed by atoms with E-state index in [0.717, 1.165) is 0 Å². The Kier molecular flexibility index (Phi) is 4.71. The molecule has 0 atom stereocenters. The summed E-state index contributed by atoms with van der Waals surface area (Å²) < 4.78 is 18.0. The Morgan fingerprint density at radius 1 is 1.56 bits per heavy atom. The van der Waals surface area contributed by atoms with Crippen molar-refractivity contribution in [2.75, 3.05) is 13.7 Å². The Bertz CT molecular complexity index is 470. The van der Waals surface area contributed by atoms with Crippen LogP contribution in [0.25, 0.3) is 10.4 Å². The van der Waals surface area contributed by atoms with Crippen LogP contribution in [0.3, 0.4) is 0 Å². The molecule has 0 N–H and O–H groups in total. The number of hydrogen-bond donors (Lipinski definition) is 0. The molecule has 0 saturated heterocycles.